The molecule has 2 nitrogen and oxygen atoms in total. The van der Waals surface area contributed by atoms with Crippen LogP contribution in [0, 0.1) is 0 Å². The molecular formula is C53H92O2. The van der Waals surface area contributed by atoms with Gasteiger partial charge in [-0.15, -0.1) is 0 Å². The van der Waals surface area contributed by atoms with Crippen molar-refractivity contribution in [1.82, 2.24) is 0 Å². The number of aryl methyl sites for hydroxylation is 2. The summed E-state index contributed by atoms with van der Waals surface area (Å²) in [5.41, 5.74) is 4.47. The van der Waals surface area contributed by atoms with Crippen LogP contribution in [0.15, 0.2) is 36.4 Å². The van der Waals surface area contributed by atoms with Crippen molar-refractivity contribution in [2.75, 3.05) is 0 Å². The number of phenolic OH excluding ortho intramolecular Hbond substituents is 2. The van der Waals surface area contributed by atoms with E-state index in [-0.39, 0.29) is 0 Å². The summed E-state index contributed by atoms with van der Waals surface area (Å²) in [6.45, 7) is 4.60. The molecule has 2 rings (SSSR count). The van der Waals surface area contributed by atoms with E-state index < -0.39 is 0 Å². The van der Waals surface area contributed by atoms with Crippen molar-refractivity contribution in [2.45, 2.75) is 264 Å². The van der Waals surface area contributed by atoms with Crippen molar-refractivity contribution in [3.05, 3.63) is 58.7 Å². The van der Waals surface area contributed by atoms with Gasteiger partial charge in [0.25, 0.3) is 0 Å². The highest BCUT2D eigenvalue weighted by Gasteiger charge is 2.10. The first kappa shape index (κ1) is 49.2. The Bertz CT molecular complexity index is 1030. The molecular weight excluding hydrogens is 669 g/mol. The smallest absolute Gasteiger partial charge is 0.119 e. The van der Waals surface area contributed by atoms with E-state index in [9.17, 15) is 10.2 Å². The minimum atomic E-state index is 0.342. The largest absolute Gasteiger partial charge is 0.508 e. The van der Waals surface area contributed by atoms with E-state index >= 15 is 0 Å². The molecule has 0 spiro atoms. The molecule has 0 aliphatic heterocycles. The first-order chi connectivity index (χ1) is 27.1. The zero-order chi connectivity index (χ0) is 39.3. The van der Waals surface area contributed by atoms with Gasteiger partial charge in [-0.05, 0) is 60.1 Å². The lowest BCUT2D eigenvalue weighted by Crippen LogP contribution is -1.95. The van der Waals surface area contributed by atoms with E-state index in [1.165, 1.54) is 242 Å². The molecule has 0 unspecified atom stereocenters. The summed E-state index contributed by atoms with van der Waals surface area (Å²) in [5, 5.41) is 21.3. The lowest BCUT2D eigenvalue weighted by Gasteiger charge is -2.11. The predicted octanol–water partition coefficient (Wildman–Crippen LogP) is 17.9. The zero-order valence-electron chi connectivity index (χ0n) is 36.9. The Balaban J connectivity index is 1.48. The summed E-state index contributed by atoms with van der Waals surface area (Å²) in [5.74, 6) is 0.685. The lowest BCUT2D eigenvalue weighted by atomic mass is 9.96. The van der Waals surface area contributed by atoms with Gasteiger partial charge in [-0.25, -0.2) is 0 Å². The van der Waals surface area contributed by atoms with Crippen LogP contribution in [-0.4, -0.2) is 10.2 Å². The number of benzene rings is 2. The summed E-state index contributed by atoms with van der Waals surface area (Å²) in [7, 11) is 0. The third kappa shape index (κ3) is 28.1. The Morgan fingerprint density at radius 2 is 0.509 bits per heavy atom. The molecule has 0 aromatic heterocycles. The monoisotopic (exact) mass is 761 g/mol. The van der Waals surface area contributed by atoms with Gasteiger partial charge >= 0.3 is 0 Å². The minimum Gasteiger partial charge on any atom is -0.508 e. The maximum Gasteiger partial charge on any atom is 0.119 e. The normalized spacial score (nSPS) is 11.5. The minimum absolute atomic E-state index is 0.342. The van der Waals surface area contributed by atoms with Crippen LogP contribution < -0.4 is 0 Å². The highest BCUT2D eigenvalue weighted by molar-refractivity contribution is 5.44. The van der Waals surface area contributed by atoms with Crippen LogP contribution in [0.2, 0.25) is 0 Å². The van der Waals surface area contributed by atoms with Crippen LogP contribution in [0.1, 0.15) is 267 Å². The second-order valence-electron chi connectivity index (χ2n) is 17.6. The summed E-state index contributed by atoms with van der Waals surface area (Å²) in [6, 6.07) is 12.2. The maximum absolute atomic E-state index is 10.7. The Kier molecular flexibility index (Phi) is 32.5. The lowest BCUT2D eigenvalue weighted by molar-refractivity contribution is 0.462. The molecule has 0 radical (unpaired) electrons. The predicted molar refractivity (Wildman–Crippen MR) is 244 cm³/mol. The van der Waals surface area contributed by atoms with E-state index in [0.717, 1.165) is 24.0 Å². The van der Waals surface area contributed by atoms with E-state index in [0.29, 0.717) is 17.9 Å². The Morgan fingerprint density at radius 1 is 0.291 bits per heavy atom. The number of aromatic hydroxyl groups is 2. The van der Waals surface area contributed by atoms with Gasteiger partial charge in [0, 0.05) is 6.42 Å². The second-order valence-corrected chi connectivity index (χ2v) is 17.6. The molecule has 0 fully saturated rings. The van der Waals surface area contributed by atoms with E-state index in [2.05, 4.69) is 38.1 Å². The van der Waals surface area contributed by atoms with Crippen LogP contribution in [0.25, 0.3) is 0 Å². The molecule has 2 N–H and O–H groups in total. The summed E-state index contributed by atoms with van der Waals surface area (Å²) in [4.78, 5) is 0. The van der Waals surface area contributed by atoms with Crippen LogP contribution in [0.5, 0.6) is 11.5 Å². The topological polar surface area (TPSA) is 40.5 Å². The third-order valence-corrected chi connectivity index (χ3v) is 12.3. The molecule has 0 amide bonds. The van der Waals surface area contributed by atoms with Gasteiger partial charge in [0.15, 0.2) is 0 Å². The van der Waals surface area contributed by atoms with Crippen molar-refractivity contribution in [2.24, 2.45) is 0 Å². The Hall–Kier alpha value is -1.96. The number of unbranched alkanes of at least 4 members (excludes halogenated alkanes) is 34. The van der Waals surface area contributed by atoms with Crippen LogP contribution in [0.4, 0.5) is 0 Å². The Labute approximate surface area is 343 Å². The quantitative estimate of drug-likeness (QED) is 0.0664. The number of rotatable bonds is 40. The van der Waals surface area contributed by atoms with Gasteiger partial charge in [0.05, 0.1) is 0 Å². The molecule has 55 heavy (non-hydrogen) atoms. The summed E-state index contributed by atoms with van der Waals surface area (Å²) < 4.78 is 0. The average molecular weight is 761 g/mol. The van der Waals surface area contributed by atoms with Crippen molar-refractivity contribution < 1.29 is 10.2 Å². The third-order valence-electron chi connectivity index (χ3n) is 12.3. The van der Waals surface area contributed by atoms with Gasteiger partial charge in [-0.1, -0.05) is 256 Å². The van der Waals surface area contributed by atoms with Crippen molar-refractivity contribution >= 4 is 0 Å². The fourth-order valence-electron chi connectivity index (χ4n) is 8.54. The molecule has 2 heteroatoms. The SMILES string of the molecule is CCCCCCCCCCCCCCCCCCCCc1ccc(O)c(Cc2cc(CCCCCCCCCCCCCCCCCCCC)ccc2O)c1. The molecule has 316 valence electrons. The summed E-state index contributed by atoms with van der Waals surface area (Å²) in [6.07, 6.45) is 53.2. The summed E-state index contributed by atoms with van der Waals surface area (Å²) >= 11 is 0. The molecule has 0 atom stereocenters. The van der Waals surface area contributed by atoms with Gasteiger partial charge in [0.2, 0.25) is 0 Å². The van der Waals surface area contributed by atoms with Crippen LogP contribution in [0.3, 0.4) is 0 Å². The highest BCUT2D eigenvalue weighted by Crippen LogP contribution is 2.28. The van der Waals surface area contributed by atoms with Crippen LogP contribution >= 0.6 is 0 Å². The zero-order valence-corrected chi connectivity index (χ0v) is 36.9. The van der Waals surface area contributed by atoms with E-state index in [1.807, 2.05) is 12.1 Å². The fraction of sp³-hybridized carbons (Fsp3) is 0.774. The molecule has 0 saturated carbocycles. The number of phenols is 2. The molecule has 0 aliphatic rings. The molecule has 2 aromatic carbocycles. The first-order valence-electron chi connectivity index (χ1n) is 24.8. The van der Waals surface area contributed by atoms with Gasteiger partial charge in [-0.2, -0.15) is 0 Å². The van der Waals surface area contributed by atoms with E-state index in [1.54, 1.807) is 0 Å². The van der Waals surface area contributed by atoms with Gasteiger partial charge in [0.1, 0.15) is 11.5 Å². The number of hydrogen-bond acceptors (Lipinski definition) is 2. The van der Waals surface area contributed by atoms with Gasteiger partial charge < -0.3 is 10.2 Å². The second kappa shape index (κ2) is 36.4. The van der Waals surface area contributed by atoms with Crippen molar-refractivity contribution in [3.8, 4) is 11.5 Å². The molecule has 0 heterocycles. The van der Waals surface area contributed by atoms with Crippen molar-refractivity contribution in [3.63, 3.8) is 0 Å². The van der Waals surface area contributed by atoms with Crippen LogP contribution in [-0.2, 0) is 19.3 Å². The maximum atomic E-state index is 10.7. The van der Waals surface area contributed by atoms with Gasteiger partial charge in [-0.3, -0.25) is 0 Å². The molecule has 0 saturated heterocycles. The van der Waals surface area contributed by atoms with Crippen molar-refractivity contribution in [1.29, 1.82) is 0 Å². The molecule has 0 bridgehead atoms. The number of hydrogen-bond donors (Lipinski definition) is 2. The molecule has 0 aliphatic carbocycles. The Morgan fingerprint density at radius 3 is 0.745 bits per heavy atom. The fourth-order valence-corrected chi connectivity index (χ4v) is 8.54. The average Bonchev–Trinajstić information content (AvgIpc) is 3.19. The first-order valence-corrected chi connectivity index (χ1v) is 24.8. The highest BCUT2D eigenvalue weighted by atomic mass is 16.3. The standard InChI is InChI=1S/C53H92O2/c1-3-5-7-9-11-13-15-17-19-21-23-25-27-29-31-33-35-37-39-48-41-43-52(54)50(45-48)47-51-46-49(42-44-53(51)55)40-38-36-34-32-30-28-26-24-22-20-18-16-14-12-10-8-6-4-2/h41-46,54-55H,3-40,47H2,1-2H3. The van der Waals surface area contributed by atoms with E-state index in [4.69, 9.17) is 0 Å². The molecule has 2 aromatic rings.